The van der Waals surface area contributed by atoms with Crippen LogP contribution in [-0.4, -0.2) is 55.5 Å². The normalized spacial score (nSPS) is 27.5. The van der Waals surface area contributed by atoms with Gasteiger partial charge in [-0.15, -0.1) is 0 Å². The van der Waals surface area contributed by atoms with Gasteiger partial charge in [0.1, 0.15) is 0 Å². The van der Waals surface area contributed by atoms with E-state index >= 15 is 0 Å². The average molecular weight is 308 g/mol. The Balaban J connectivity index is 1.76. The van der Waals surface area contributed by atoms with E-state index in [1.54, 1.807) is 19.0 Å². The Morgan fingerprint density at radius 2 is 2.10 bits per heavy atom. The third-order valence-corrected chi connectivity index (χ3v) is 4.92. The standard InChI is InChI=1S/C16H22ClN3O/c1-19(2)16(21)13-9-12(3-4-14(13)17)18-15-6-8-20-7-5-11(15)10-20/h3-4,9,11,15,18H,5-8,10H2,1-2H3. The van der Waals surface area contributed by atoms with Gasteiger partial charge in [-0.2, -0.15) is 0 Å². The topological polar surface area (TPSA) is 35.6 Å². The highest BCUT2D eigenvalue weighted by Crippen LogP contribution is 2.30. The number of halogens is 1. The molecule has 0 aromatic heterocycles. The van der Waals surface area contributed by atoms with E-state index in [1.165, 1.54) is 32.5 Å². The number of piperidine rings is 1. The van der Waals surface area contributed by atoms with Crippen molar-refractivity contribution in [2.24, 2.45) is 5.92 Å². The van der Waals surface area contributed by atoms with E-state index < -0.39 is 0 Å². The number of hydrogen-bond acceptors (Lipinski definition) is 3. The minimum Gasteiger partial charge on any atom is -0.382 e. The second-order valence-electron chi connectivity index (χ2n) is 6.28. The van der Waals surface area contributed by atoms with Crippen LogP contribution in [-0.2, 0) is 0 Å². The van der Waals surface area contributed by atoms with Crippen LogP contribution in [0.5, 0.6) is 0 Å². The summed E-state index contributed by atoms with van der Waals surface area (Å²) < 4.78 is 0. The maximum atomic E-state index is 12.1. The summed E-state index contributed by atoms with van der Waals surface area (Å²) in [6, 6.07) is 6.17. The fraction of sp³-hybridized carbons (Fsp3) is 0.562. The van der Waals surface area contributed by atoms with Gasteiger partial charge in [0.05, 0.1) is 10.6 Å². The van der Waals surface area contributed by atoms with Crippen molar-refractivity contribution in [2.45, 2.75) is 18.9 Å². The number of amides is 1. The minimum atomic E-state index is -0.0562. The number of fused-ring (bicyclic) bond motifs is 2. The zero-order valence-electron chi connectivity index (χ0n) is 12.6. The molecule has 0 radical (unpaired) electrons. The lowest BCUT2D eigenvalue weighted by atomic mass is 9.94. The van der Waals surface area contributed by atoms with Crippen molar-refractivity contribution in [1.82, 2.24) is 9.80 Å². The lowest BCUT2D eigenvalue weighted by Crippen LogP contribution is -2.39. The molecule has 3 rings (SSSR count). The number of benzene rings is 1. The quantitative estimate of drug-likeness (QED) is 0.932. The van der Waals surface area contributed by atoms with Crippen LogP contribution in [0.15, 0.2) is 18.2 Å². The van der Waals surface area contributed by atoms with Gasteiger partial charge in [-0.3, -0.25) is 4.79 Å². The maximum Gasteiger partial charge on any atom is 0.254 e. The molecule has 2 aliphatic heterocycles. The molecule has 2 saturated heterocycles. The van der Waals surface area contributed by atoms with E-state index in [9.17, 15) is 4.79 Å². The first-order valence-electron chi connectivity index (χ1n) is 7.54. The van der Waals surface area contributed by atoms with E-state index in [0.29, 0.717) is 16.6 Å². The lowest BCUT2D eigenvalue weighted by Gasteiger charge is -2.31. The van der Waals surface area contributed by atoms with Gasteiger partial charge in [-0.25, -0.2) is 0 Å². The molecule has 5 heteroatoms. The summed E-state index contributed by atoms with van der Waals surface area (Å²) in [6.45, 7) is 3.60. The Hall–Kier alpha value is -1.26. The summed E-state index contributed by atoms with van der Waals surface area (Å²) in [5.74, 6) is 0.668. The van der Waals surface area contributed by atoms with Gasteiger partial charge < -0.3 is 15.1 Å². The largest absolute Gasteiger partial charge is 0.382 e. The molecule has 3 atom stereocenters. The monoisotopic (exact) mass is 307 g/mol. The Labute approximate surface area is 131 Å². The highest BCUT2D eigenvalue weighted by Gasteiger charge is 2.34. The number of hydrogen-bond donors (Lipinski definition) is 1. The molecule has 2 aliphatic rings. The van der Waals surface area contributed by atoms with Crippen molar-refractivity contribution < 1.29 is 4.79 Å². The number of carbonyl (C=O) groups is 1. The molecule has 2 fully saturated rings. The molecule has 0 saturated carbocycles. The predicted octanol–water partition coefficient (Wildman–Crippen LogP) is 2.55. The fourth-order valence-electron chi connectivity index (χ4n) is 3.38. The lowest BCUT2D eigenvalue weighted by molar-refractivity contribution is 0.0828. The van der Waals surface area contributed by atoms with Crippen LogP contribution in [0.25, 0.3) is 0 Å². The van der Waals surface area contributed by atoms with Crippen molar-refractivity contribution in [3.8, 4) is 0 Å². The third kappa shape index (κ3) is 3.01. The SMILES string of the molecule is CN(C)C(=O)c1cc(NC2CCN3CCC2C3)ccc1Cl. The van der Waals surface area contributed by atoms with Crippen LogP contribution in [0.4, 0.5) is 5.69 Å². The maximum absolute atomic E-state index is 12.1. The minimum absolute atomic E-state index is 0.0562. The van der Waals surface area contributed by atoms with Gasteiger partial charge in [-0.1, -0.05) is 11.6 Å². The van der Waals surface area contributed by atoms with Crippen molar-refractivity contribution in [1.29, 1.82) is 0 Å². The Morgan fingerprint density at radius 1 is 1.33 bits per heavy atom. The summed E-state index contributed by atoms with van der Waals surface area (Å²) in [7, 11) is 3.49. The number of nitrogens with one attached hydrogen (secondary N) is 1. The van der Waals surface area contributed by atoms with Gasteiger partial charge in [0, 0.05) is 38.9 Å². The van der Waals surface area contributed by atoms with Crippen molar-refractivity contribution >= 4 is 23.2 Å². The number of rotatable bonds is 3. The Morgan fingerprint density at radius 3 is 2.86 bits per heavy atom. The van der Waals surface area contributed by atoms with E-state index in [2.05, 4.69) is 10.2 Å². The molecule has 1 amide bonds. The summed E-state index contributed by atoms with van der Waals surface area (Å²) in [5, 5.41) is 4.12. The van der Waals surface area contributed by atoms with Crippen LogP contribution < -0.4 is 5.32 Å². The van der Waals surface area contributed by atoms with Crippen LogP contribution in [0, 0.1) is 5.92 Å². The molecule has 2 bridgehead atoms. The molecule has 0 spiro atoms. The molecule has 114 valence electrons. The fourth-order valence-corrected chi connectivity index (χ4v) is 3.57. The number of carbonyl (C=O) groups excluding carboxylic acids is 1. The first kappa shape index (κ1) is 14.7. The van der Waals surface area contributed by atoms with Gasteiger partial charge >= 0.3 is 0 Å². The molecular formula is C16H22ClN3O. The van der Waals surface area contributed by atoms with Crippen molar-refractivity contribution in [2.75, 3.05) is 39.0 Å². The van der Waals surface area contributed by atoms with Gasteiger partial charge in [-0.05, 0) is 43.5 Å². The van der Waals surface area contributed by atoms with E-state index in [1.807, 2.05) is 18.2 Å². The highest BCUT2D eigenvalue weighted by molar-refractivity contribution is 6.34. The molecule has 0 aliphatic carbocycles. The highest BCUT2D eigenvalue weighted by atomic mass is 35.5. The second-order valence-corrected chi connectivity index (χ2v) is 6.69. The molecule has 1 aromatic rings. The summed E-state index contributed by atoms with van der Waals surface area (Å²) in [4.78, 5) is 16.2. The first-order chi connectivity index (χ1) is 10.0. The number of nitrogens with zero attached hydrogens (tertiary/aromatic N) is 2. The molecule has 21 heavy (non-hydrogen) atoms. The molecule has 3 unspecified atom stereocenters. The van der Waals surface area contributed by atoms with Crippen LogP contribution >= 0.6 is 11.6 Å². The van der Waals surface area contributed by atoms with Crippen LogP contribution in [0.3, 0.4) is 0 Å². The average Bonchev–Trinajstić information content (AvgIpc) is 2.86. The molecule has 4 nitrogen and oxygen atoms in total. The van der Waals surface area contributed by atoms with E-state index in [-0.39, 0.29) is 5.91 Å². The third-order valence-electron chi connectivity index (χ3n) is 4.59. The summed E-state index contributed by atoms with van der Waals surface area (Å²) >= 11 is 6.16. The van der Waals surface area contributed by atoms with Crippen LogP contribution in [0.1, 0.15) is 23.2 Å². The van der Waals surface area contributed by atoms with E-state index in [0.717, 1.165) is 11.6 Å². The second kappa shape index (κ2) is 5.85. The zero-order chi connectivity index (χ0) is 15.0. The summed E-state index contributed by atoms with van der Waals surface area (Å²) in [6.07, 6.45) is 2.44. The van der Waals surface area contributed by atoms with Gasteiger partial charge in [0.25, 0.3) is 5.91 Å². The zero-order valence-corrected chi connectivity index (χ0v) is 13.4. The molecule has 1 N–H and O–H groups in total. The molecule has 2 heterocycles. The Kier molecular flexibility index (Phi) is 4.09. The molecular weight excluding hydrogens is 286 g/mol. The summed E-state index contributed by atoms with van der Waals surface area (Å²) in [5.41, 5.74) is 1.56. The molecule has 1 aromatic carbocycles. The van der Waals surface area contributed by atoms with Gasteiger partial charge in [0.2, 0.25) is 0 Å². The van der Waals surface area contributed by atoms with Gasteiger partial charge in [0.15, 0.2) is 0 Å². The smallest absolute Gasteiger partial charge is 0.254 e. The first-order valence-corrected chi connectivity index (χ1v) is 7.92. The van der Waals surface area contributed by atoms with E-state index in [4.69, 9.17) is 11.6 Å². The van der Waals surface area contributed by atoms with Crippen LogP contribution in [0.2, 0.25) is 5.02 Å². The predicted molar refractivity (Wildman–Crippen MR) is 86.0 cm³/mol. The Bertz CT molecular complexity index is 546. The van der Waals surface area contributed by atoms with Crippen molar-refractivity contribution in [3.05, 3.63) is 28.8 Å². The van der Waals surface area contributed by atoms with Crippen molar-refractivity contribution in [3.63, 3.8) is 0 Å². The number of anilines is 1.